The average Bonchev–Trinajstić information content (AvgIpc) is 2.50. The molecule has 2 N–H and O–H groups in total. The third kappa shape index (κ3) is 4.67. The number of hydrogen-bond donors (Lipinski definition) is 1. The molecule has 1 aliphatic heterocycles. The number of hydrogen-bond acceptors (Lipinski definition) is 4. The maximum atomic E-state index is 11.6. The van der Waals surface area contributed by atoms with Crippen LogP contribution >= 0.6 is 12.4 Å². The summed E-state index contributed by atoms with van der Waals surface area (Å²) in [6.07, 6.45) is 1.31. The molecule has 7 heteroatoms. The molecule has 1 rings (SSSR count). The van der Waals surface area contributed by atoms with E-state index >= 15 is 0 Å². The number of nitrogens with two attached hydrogens (primary N) is 1. The van der Waals surface area contributed by atoms with E-state index in [1.54, 1.807) is 6.92 Å². The van der Waals surface area contributed by atoms with E-state index in [-0.39, 0.29) is 35.9 Å². The molecule has 16 heavy (non-hydrogen) atoms. The predicted molar refractivity (Wildman–Crippen MR) is 65.4 cm³/mol. The van der Waals surface area contributed by atoms with Gasteiger partial charge < -0.3 is 10.6 Å². The zero-order valence-corrected chi connectivity index (χ0v) is 11.0. The first kappa shape index (κ1) is 15.7. The van der Waals surface area contributed by atoms with E-state index in [2.05, 4.69) is 0 Å². The predicted octanol–water partition coefficient (Wildman–Crippen LogP) is -0.207. The number of carbonyl (C=O) groups excluding carboxylic acids is 1. The highest BCUT2D eigenvalue weighted by Crippen LogP contribution is 2.08. The first-order valence-electron chi connectivity index (χ1n) is 5.18. The van der Waals surface area contributed by atoms with Crippen LogP contribution in [-0.4, -0.2) is 49.9 Å². The lowest BCUT2D eigenvalue weighted by Gasteiger charge is -2.15. The van der Waals surface area contributed by atoms with Gasteiger partial charge in [0.05, 0.1) is 5.75 Å². The van der Waals surface area contributed by atoms with Crippen molar-refractivity contribution >= 4 is 28.2 Å². The standard InChI is InChI=1S/C9H18N2O3S.ClH/c1-2-5-15(13,14)7-9(12)11-4-3-8(10)6-11;/h8H,2-7,10H2,1H3;1H. The Morgan fingerprint density at radius 1 is 1.50 bits per heavy atom. The SMILES string of the molecule is CCCS(=O)(=O)CC(=O)N1CCC(N)C1.Cl. The number of halogens is 1. The Morgan fingerprint density at radius 3 is 2.56 bits per heavy atom. The van der Waals surface area contributed by atoms with Gasteiger partial charge in [0.2, 0.25) is 5.91 Å². The van der Waals surface area contributed by atoms with Gasteiger partial charge in [-0.25, -0.2) is 8.42 Å². The first-order valence-corrected chi connectivity index (χ1v) is 7.00. The van der Waals surface area contributed by atoms with Crippen molar-refractivity contribution in [1.29, 1.82) is 0 Å². The van der Waals surface area contributed by atoms with E-state index in [1.165, 1.54) is 4.90 Å². The van der Waals surface area contributed by atoms with Gasteiger partial charge in [0.25, 0.3) is 0 Å². The molecule has 0 aliphatic carbocycles. The van der Waals surface area contributed by atoms with Crippen molar-refractivity contribution in [2.45, 2.75) is 25.8 Å². The van der Waals surface area contributed by atoms with Crippen LogP contribution in [0.2, 0.25) is 0 Å². The van der Waals surface area contributed by atoms with Gasteiger partial charge in [0.1, 0.15) is 5.75 Å². The van der Waals surface area contributed by atoms with E-state index in [1.807, 2.05) is 0 Å². The summed E-state index contributed by atoms with van der Waals surface area (Å²) in [5.41, 5.74) is 5.64. The zero-order valence-electron chi connectivity index (χ0n) is 9.39. The highest BCUT2D eigenvalue weighted by Gasteiger charge is 2.26. The molecule has 0 bridgehead atoms. The van der Waals surface area contributed by atoms with Crippen LogP contribution in [0, 0.1) is 0 Å². The third-order valence-electron chi connectivity index (χ3n) is 2.44. The van der Waals surface area contributed by atoms with Gasteiger partial charge in [-0.15, -0.1) is 12.4 Å². The number of amides is 1. The van der Waals surface area contributed by atoms with E-state index in [0.29, 0.717) is 19.5 Å². The normalized spacial score (nSPS) is 20.6. The van der Waals surface area contributed by atoms with Crippen molar-refractivity contribution in [3.8, 4) is 0 Å². The Hall–Kier alpha value is -0.330. The molecular weight excluding hydrogens is 252 g/mol. The molecule has 0 radical (unpaired) electrons. The number of sulfone groups is 1. The molecule has 1 atom stereocenters. The van der Waals surface area contributed by atoms with Gasteiger partial charge >= 0.3 is 0 Å². The Morgan fingerprint density at radius 2 is 2.12 bits per heavy atom. The molecule has 1 amide bonds. The van der Waals surface area contributed by atoms with Crippen LogP contribution in [0.15, 0.2) is 0 Å². The van der Waals surface area contributed by atoms with Gasteiger partial charge in [-0.05, 0) is 12.8 Å². The van der Waals surface area contributed by atoms with Crippen molar-refractivity contribution < 1.29 is 13.2 Å². The summed E-state index contributed by atoms with van der Waals surface area (Å²) in [4.78, 5) is 13.1. The fourth-order valence-electron chi connectivity index (χ4n) is 1.68. The summed E-state index contributed by atoms with van der Waals surface area (Å²) in [6.45, 7) is 2.86. The minimum absolute atomic E-state index is 0. The second-order valence-corrected chi connectivity index (χ2v) is 6.16. The van der Waals surface area contributed by atoms with Crippen LogP contribution in [0.3, 0.4) is 0 Å². The van der Waals surface area contributed by atoms with Gasteiger partial charge in [-0.1, -0.05) is 6.92 Å². The highest BCUT2D eigenvalue weighted by molar-refractivity contribution is 7.92. The Balaban J connectivity index is 0.00000225. The minimum Gasteiger partial charge on any atom is -0.340 e. The fraction of sp³-hybridized carbons (Fsp3) is 0.889. The van der Waals surface area contributed by atoms with Crippen molar-refractivity contribution in [1.82, 2.24) is 4.90 Å². The van der Waals surface area contributed by atoms with Crippen molar-refractivity contribution in [3.63, 3.8) is 0 Å². The summed E-state index contributed by atoms with van der Waals surface area (Å²) in [5, 5.41) is 0. The molecule has 1 aliphatic rings. The Labute approximate surface area is 103 Å². The maximum Gasteiger partial charge on any atom is 0.237 e. The number of carbonyl (C=O) groups is 1. The lowest BCUT2D eigenvalue weighted by molar-refractivity contribution is -0.127. The first-order chi connectivity index (χ1) is 6.94. The minimum atomic E-state index is -3.22. The van der Waals surface area contributed by atoms with E-state index in [4.69, 9.17) is 5.73 Å². The van der Waals surface area contributed by atoms with Crippen LogP contribution in [0.25, 0.3) is 0 Å². The van der Waals surface area contributed by atoms with Crippen molar-refractivity contribution in [2.75, 3.05) is 24.6 Å². The zero-order chi connectivity index (χ0) is 11.5. The molecule has 0 aromatic carbocycles. The number of likely N-dealkylation sites (tertiary alicyclic amines) is 1. The number of rotatable bonds is 4. The van der Waals surface area contributed by atoms with Crippen LogP contribution in [0.4, 0.5) is 0 Å². The van der Waals surface area contributed by atoms with Crippen LogP contribution in [-0.2, 0) is 14.6 Å². The highest BCUT2D eigenvalue weighted by atomic mass is 35.5. The topological polar surface area (TPSA) is 80.5 Å². The van der Waals surface area contributed by atoms with E-state index in [9.17, 15) is 13.2 Å². The Kier molecular flexibility index (Phi) is 6.28. The Bertz CT molecular complexity index is 332. The molecule has 1 heterocycles. The second-order valence-electron chi connectivity index (χ2n) is 3.98. The van der Waals surface area contributed by atoms with E-state index < -0.39 is 9.84 Å². The molecule has 1 unspecified atom stereocenters. The summed E-state index contributed by atoms with van der Waals surface area (Å²) in [7, 11) is -3.22. The van der Waals surface area contributed by atoms with Crippen LogP contribution in [0.1, 0.15) is 19.8 Å². The largest absolute Gasteiger partial charge is 0.340 e. The molecule has 0 spiro atoms. The summed E-state index contributed by atoms with van der Waals surface area (Å²) in [5.74, 6) is -0.594. The summed E-state index contributed by atoms with van der Waals surface area (Å²) < 4.78 is 22.8. The summed E-state index contributed by atoms with van der Waals surface area (Å²) in [6, 6.07) is 0.00262. The molecule has 0 aromatic heterocycles. The molecule has 0 aromatic rings. The van der Waals surface area contributed by atoms with E-state index in [0.717, 1.165) is 6.42 Å². The quantitative estimate of drug-likeness (QED) is 0.767. The average molecular weight is 271 g/mol. The summed E-state index contributed by atoms with van der Waals surface area (Å²) >= 11 is 0. The van der Waals surface area contributed by atoms with Crippen LogP contribution < -0.4 is 5.73 Å². The van der Waals surface area contributed by atoms with Crippen molar-refractivity contribution in [3.05, 3.63) is 0 Å². The van der Waals surface area contributed by atoms with Gasteiger partial charge in [-0.2, -0.15) is 0 Å². The smallest absolute Gasteiger partial charge is 0.237 e. The second kappa shape index (κ2) is 6.42. The molecule has 0 saturated carbocycles. The lowest BCUT2D eigenvalue weighted by Crippen LogP contribution is -2.36. The third-order valence-corrected chi connectivity index (χ3v) is 4.15. The maximum absolute atomic E-state index is 11.6. The fourth-order valence-corrected chi connectivity index (χ4v) is 3.00. The molecule has 1 saturated heterocycles. The van der Waals surface area contributed by atoms with Gasteiger partial charge in [0.15, 0.2) is 9.84 Å². The lowest BCUT2D eigenvalue weighted by atomic mass is 10.3. The molecule has 1 fully saturated rings. The van der Waals surface area contributed by atoms with Crippen molar-refractivity contribution in [2.24, 2.45) is 5.73 Å². The van der Waals surface area contributed by atoms with Gasteiger partial charge in [-0.3, -0.25) is 4.79 Å². The van der Waals surface area contributed by atoms with Crippen LogP contribution in [0.5, 0.6) is 0 Å². The molecule has 5 nitrogen and oxygen atoms in total. The molecule has 96 valence electrons. The van der Waals surface area contributed by atoms with Gasteiger partial charge in [0, 0.05) is 19.1 Å². The monoisotopic (exact) mass is 270 g/mol. The molecular formula is C9H19ClN2O3S. The number of nitrogens with zero attached hydrogens (tertiary/aromatic N) is 1.